The number of benzene rings is 2. The Bertz CT molecular complexity index is 1130. The van der Waals surface area contributed by atoms with Gasteiger partial charge in [0.2, 0.25) is 5.91 Å². The highest BCUT2D eigenvalue weighted by molar-refractivity contribution is 5.91. The van der Waals surface area contributed by atoms with Crippen molar-refractivity contribution >= 4 is 12.0 Å². The molecule has 1 N–H and O–H groups in total. The molecule has 1 aromatic heterocycles. The van der Waals surface area contributed by atoms with E-state index < -0.39 is 36.0 Å². The Balaban J connectivity index is 1.67. The maximum Gasteiger partial charge on any atom is 0.416 e. The fourth-order valence-corrected chi connectivity index (χ4v) is 3.35. The van der Waals surface area contributed by atoms with Gasteiger partial charge in [-0.3, -0.25) is 9.78 Å². The molecule has 1 unspecified atom stereocenters. The van der Waals surface area contributed by atoms with E-state index in [2.05, 4.69) is 10.3 Å². The summed E-state index contributed by atoms with van der Waals surface area (Å²) in [5, 5.41) is 2.73. The van der Waals surface area contributed by atoms with Crippen LogP contribution >= 0.6 is 0 Å². The predicted octanol–water partition coefficient (Wildman–Crippen LogP) is 6.25. The zero-order valence-electron chi connectivity index (χ0n) is 18.8. The van der Waals surface area contributed by atoms with Crippen molar-refractivity contribution in [2.45, 2.75) is 24.9 Å². The average Bonchev–Trinajstić information content (AvgIpc) is 2.84. The molecular weight excluding hydrogens is 486 g/mol. The molecule has 1 amide bonds. The highest BCUT2D eigenvalue weighted by Gasteiger charge is 2.36. The molecule has 3 rings (SSSR count). The number of hydrogen-bond donors (Lipinski definition) is 1. The van der Waals surface area contributed by atoms with E-state index in [9.17, 15) is 31.1 Å². The van der Waals surface area contributed by atoms with E-state index in [1.807, 2.05) is 0 Å². The summed E-state index contributed by atoms with van der Waals surface area (Å²) >= 11 is 0. The van der Waals surface area contributed by atoms with E-state index in [0.29, 0.717) is 12.1 Å². The molecule has 3 aromatic rings. The van der Waals surface area contributed by atoms with Gasteiger partial charge in [-0.25, -0.2) is 0 Å². The molecule has 10 heteroatoms. The van der Waals surface area contributed by atoms with Crippen LogP contribution in [0.3, 0.4) is 0 Å². The van der Waals surface area contributed by atoms with E-state index in [4.69, 9.17) is 4.74 Å². The Hall–Kier alpha value is -3.66. The van der Waals surface area contributed by atoms with Gasteiger partial charge in [-0.05, 0) is 47.0 Å². The van der Waals surface area contributed by atoms with Crippen LogP contribution in [0.5, 0.6) is 0 Å². The van der Waals surface area contributed by atoms with Crippen molar-refractivity contribution in [3.05, 3.63) is 107 Å². The summed E-state index contributed by atoms with van der Waals surface area (Å²) in [6, 6.07) is 13.8. The minimum absolute atomic E-state index is 0.0474. The summed E-state index contributed by atoms with van der Waals surface area (Å²) in [4.78, 5) is 16.2. The van der Waals surface area contributed by atoms with E-state index in [-0.39, 0.29) is 30.7 Å². The summed E-state index contributed by atoms with van der Waals surface area (Å²) in [7, 11) is 0. The van der Waals surface area contributed by atoms with E-state index in [1.54, 1.807) is 60.9 Å². The van der Waals surface area contributed by atoms with Gasteiger partial charge in [0.05, 0.1) is 24.3 Å². The summed E-state index contributed by atoms with van der Waals surface area (Å²) in [5.41, 5.74) is -1.54. The molecule has 190 valence electrons. The zero-order valence-corrected chi connectivity index (χ0v) is 18.8. The molecule has 0 fully saturated rings. The third-order valence-electron chi connectivity index (χ3n) is 5.14. The third-order valence-corrected chi connectivity index (χ3v) is 5.14. The van der Waals surface area contributed by atoms with Gasteiger partial charge in [0.25, 0.3) is 0 Å². The second-order valence-electron chi connectivity index (χ2n) is 7.90. The van der Waals surface area contributed by atoms with Gasteiger partial charge in [-0.2, -0.15) is 26.3 Å². The summed E-state index contributed by atoms with van der Waals surface area (Å²) in [5.74, 6) is -0.776. The normalized spacial score (nSPS) is 13.1. The molecule has 4 nitrogen and oxygen atoms in total. The minimum Gasteiger partial charge on any atom is -0.376 e. The Morgan fingerprint density at radius 2 is 1.61 bits per heavy atom. The summed E-state index contributed by atoms with van der Waals surface area (Å²) < 4.78 is 84.1. The second kappa shape index (κ2) is 11.9. The van der Waals surface area contributed by atoms with Crippen LogP contribution in [0.4, 0.5) is 26.3 Å². The third kappa shape index (κ3) is 8.23. The molecule has 0 radical (unpaired) electrons. The molecule has 1 heterocycles. The Kier molecular flexibility index (Phi) is 8.87. The van der Waals surface area contributed by atoms with Crippen LogP contribution in [-0.4, -0.2) is 24.0 Å². The number of amides is 1. The molecule has 0 spiro atoms. The summed E-state index contributed by atoms with van der Waals surface area (Å²) in [6.07, 6.45) is -3.76. The number of rotatable bonds is 9. The molecule has 0 aliphatic carbocycles. The molecule has 0 aliphatic heterocycles. The standard InChI is InChI=1S/C26H22F6N2O2/c27-25(28,29)22-11-19(12-23(13-22)26(30,31)32)16-36-17-21(20-6-2-1-3-7-20)15-34-24(35)9-8-18-5-4-10-33-14-18/h1-14,21H,15-17H2,(H,34,35). The Morgan fingerprint density at radius 3 is 2.19 bits per heavy atom. The average molecular weight is 508 g/mol. The van der Waals surface area contributed by atoms with Crippen molar-refractivity contribution in [2.24, 2.45) is 0 Å². The van der Waals surface area contributed by atoms with Gasteiger partial charge in [0.15, 0.2) is 0 Å². The topological polar surface area (TPSA) is 51.2 Å². The lowest BCUT2D eigenvalue weighted by molar-refractivity contribution is -0.143. The number of aromatic nitrogens is 1. The molecule has 0 bridgehead atoms. The molecular formula is C26H22F6N2O2. The number of ether oxygens (including phenoxy) is 1. The molecule has 36 heavy (non-hydrogen) atoms. The Morgan fingerprint density at radius 1 is 0.944 bits per heavy atom. The maximum atomic E-state index is 13.1. The number of halogens is 6. The fraction of sp³-hybridized carbons (Fsp3) is 0.231. The van der Waals surface area contributed by atoms with Crippen LogP contribution in [-0.2, 0) is 28.5 Å². The monoisotopic (exact) mass is 508 g/mol. The van der Waals surface area contributed by atoms with E-state index >= 15 is 0 Å². The largest absolute Gasteiger partial charge is 0.416 e. The predicted molar refractivity (Wildman–Crippen MR) is 122 cm³/mol. The number of hydrogen-bond acceptors (Lipinski definition) is 3. The van der Waals surface area contributed by atoms with Gasteiger partial charge in [0.1, 0.15) is 0 Å². The number of nitrogens with one attached hydrogen (secondary N) is 1. The van der Waals surface area contributed by atoms with Gasteiger partial charge < -0.3 is 10.1 Å². The van der Waals surface area contributed by atoms with Crippen molar-refractivity contribution in [1.29, 1.82) is 0 Å². The van der Waals surface area contributed by atoms with Crippen LogP contribution < -0.4 is 5.32 Å². The number of carbonyl (C=O) groups is 1. The Labute approximate surface area is 203 Å². The van der Waals surface area contributed by atoms with Crippen LogP contribution in [0.15, 0.2) is 79.1 Å². The molecule has 0 aliphatic rings. The molecule has 0 saturated carbocycles. The van der Waals surface area contributed by atoms with Crippen molar-refractivity contribution in [3.8, 4) is 0 Å². The second-order valence-corrected chi connectivity index (χ2v) is 7.90. The SMILES string of the molecule is O=C(C=Cc1cccnc1)NCC(COCc1cc(C(F)(F)F)cc(C(F)(F)F)c1)c1ccccc1. The number of alkyl halides is 6. The first-order chi connectivity index (χ1) is 17.0. The maximum absolute atomic E-state index is 13.1. The van der Waals surface area contributed by atoms with Gasteiger partial charge >= 0.3 is 12.4 Å². The first kappa shape index (κ1) is 26.9. The number of nitrogens with zero attached hydrogens (tertiary/aromatic N) is 1. The lowest BCUT2D eigenvalue weighted by Crippen LogP contribution is -2.29. The molecule has 2 aromatic carbocycles. The smallest absolute Gasteiger partial charge is 0.376 e. The lowest BCUT2D eigenvalue weighted by atomic mass is 10.00. The molecule has 0 saturated heterocycles. The van der Waals surface area contributed by atoms with Crippen molar-refractivity contribution in [1.82, 2.24) is 10.3 Å². The highest BCUT2D eigenvalue weighted by Crippen LogP contribution is 2.36. The first-order valence-electron chi connectivity index (χ1n) is 10.8. The van der Waals surface area contributed by atoms with Crippen molar-refractivity contribution in [2.75, 3.05) is 13.2 Å². The number of pyridine rings is 1. The van der Waals surface area contributed by atoms with Crippen LogP contribution in [0.2, 0.25) is 0 Å². The zero-order chi connectivity index (χ0) is 26.2. The van der Waals surface area contributed by atoms with Gasteiger partial charge in [-0.1, -0.05) is 36.4 Å². The highest BCUT2D eigenvalue weighted by atomic mass is 19.4. The van der Waals surface area contributed by atoms with Crippen molar-refractivity contribution in [3.63, 3.8) is 0 Å². The van der Waals surface area contributed by atoms with Crippen molar-refractivity contribution < 1.29 is 35.9 Å². The number of carbonyl (C=O) groups excluding carboxylic acids is 1. The van der Waals surface area contributed by atoms with Crippen LogP contribution in [0.1, 0.15) is 33.7 Å². The van der Waals surface area contributed by atoms with Crippen LogP contribution in [0.25, 0.3) is 6.08 Å². The fourth-order valence-electron chi connectivity index (χ4n) is 3.35. The van der Waals surface area contributed by atoms with E-state index in [1.165, 1.54) is 6.08 Å². The lowest BCUT2D eigenvalue weighted by Gasteiger charge is -2.19. The quantitative estimate of drug-likeness (QED) is 0.275. The summed E-state index contributed by atoms with van der Waals surface area (Å²) in [6.45, 7) is -0.379. The van der Waals surface area contributed by atoms with Crippen LogP contribution in [0, 0.1) is 0 Å². The van der Waals surface area contributed by atoms with Gasteiger partial charge in [0, 0.05) is 30.9 Å². The van der Waals surface area contributed by atoms with E-state index in [0.717, 1.165) is 11.1 Å². The first-order valence-corrected chi connectivity index (χ1v) is 10.8. The molecule has 1 atom stereocenters. The van der Waals surface area contributed by atoms with Gasteiger partial charge in [-0.15, -0.1) is 0 Å². The minimum atomic E-state index is -4.93.